The zero-order valence-electron chi connectivity index (χ0n) is 15.0. The first-order chi connectivity index (χ1) is 11.6. The van der Waals surface area contributed by atoms with Crippen LogP contribution in [-0.4, -0.2) is 14.1 Å². The van der Waals surface area contributed by atoms with E-state index < -0.39 is 0 Å². The molecule has 3 aromatic carbocycles. The Morgan fingerprint density at radius 1 is 0.480 bits per heavy atom. The summed E-state index contributed by atoms with van der Waals surface area (Å²) >= 11 is 0. The van der Waals surface area contributed by atoms with Gasteiger partial charge in [-0.15, -0.1) is 36.4 Å². The van der Waals surface area contributed by atoms with Crippen molar-refractivity contribution in [3.8, 4) is 0 Å². The van der Waals surface area contributed by atoms with Gasteiger partial charge >= 0.3 is 36.9 Å². The van der Waals surface area contributed by atoms with Crippen molar-refractivity contribution in [2.45, 2.75) is 0 Å². The van der Waals surface area contributed by atoms with E-state index in [1.54, 1.807) is 0 Å². The van der Waals surface area contributed by atoms with Crippen LogP contribution < -0.4 is 5.32 Å². The molecule has 3 aromatic rings. The molecule has 0 spiro atoms. The number of hydrogen-bond donors (Lipinski definition) is 1. The molecular weight excluding hydrogens is 465 g/mol. The van der Waals surface area contributed by atoms with Gasteiger partial charge in [-0.1, -0.05) is 18.2 Å². The van der Waals surface area contributed by atoms with E-state index in [2.05, 4.69) is 26.1 Å². The van der Waals surface area contributed by atoms with Crippen molar-refractivity contribution in [1.82, 2.24) is 5.32 Å². The number of nitrogens with one attached hydrogen (secondary N) is 1. The number of hydrogen-bond acceptors (Lipinski definition) is 1. The molecular formula is C23H28LuN. The second kappa shape index (κ2) is 18.8. The van der Waals surface area contributed by atoms with Gasteiger partial charge in [-0.3, -0.25) is 0 Å². The van der Waals surface area contributed by atoms with E-state index in [0.717, 1.165) is 16.7 Å². The molecule has 1 nitrogen and oxygen atoms in total. The minimum Gasteiger partial charge on any atom is -0.323 e. The van der Waals surface area contributed by atoms with E-state index in [1.807, 2.05) is 105 Å². The molecule has 0 aromatic heterocycles. The molecule has 25 heavy (non-hydrogen) atoms. The van der Waals surface area contributed by atoms with Crippen LogP contribution in [0.5, 0.6) is 0 Å². The van der Waals surface area contributed by atoms with Gasteiger partial charge in [-0.05, 0) is 14.1 Å². The summed E-state index contributed by atoms with van der Waals surface area (Å²) < 4.78 is 0. The largest absolute Gasteiger partial charge is 3.00 e. The quantitative estimate of drug-likeness (QED) is 0.412. The minimum atomic E-state index is 0. The normalized spacial score (nSPS) is 7.92. The van der Waals surface area contributed by atoms with E-state index in [-0.39, 0.29) is 36.9 Å². The maximum absolute atomic E-state index is 3.72. The molecule has 140 valence electrons. The third-order valence-corrected chi connectivity index (χ3v) is 2.53. The minimum absolute atomic E-state index is 0. The van der Waals surface area contributed by atoms with E-state index in [0.29, 0.717) is 0 Å². The van der Waals surface area contributed by atoms with Crippen molar-refractivity contribution < 1.29 is 36.9 Å². The van der Waals surface area contributed by atoms with Crippen LogP contribution in [0.25, 0.3) is 0 Å². The summed E-state index contributed by atoms with van der Waals surface area (Å²) in [5.74, 6) is 0. The van der Waals surface area contributed by atoms with Gasteiger partial charge in [0.05, 0.1) is 0 Å². The Morgan fingerprint density at radius 2 is 0.640 bits per heavy atom. The van der Waals surface area contributed by atoms with Crippen LogP contribution >= 0.6 is 0 Å². The molecule has 0 aliphatic carbocycles. The van der Waals surface area contributed by atoms with Crippen LogP contribution in [0.15, 0.2) is 91.0 Å². The first-order valence-corrected chi connectivity index (χ1v) is 7.79. The molecule has 3 rings (SSSR count). The summed E-state index contributed by atoms with van der Waals surface area (Å²) in [4.78, 5) is 0. The van der Waals surface area contributed by atoms with Crippen molar-refractivity contribution in [3.63, 3.8) is 0 Å². The molecule has 2 heteroatoms. The first kappa shape index (κ1) is 25.7. The smallest absolute Gasteiger partial charge is 0.323 e. The van der Waals surface area contributed by atoms with Crippen LogP contribution in [0.1, 0.15) is 16.7 Å². The Hall–Kier alpha value is -1.54. The molecule has 0 saturated carbocycles. The van der Waals surface area contributed by atoms with Crippen LogP contribution in [0.4, 0.5) is 0 Å². The number of benzene rings is 3. The molecule has 0 radical (unpaired) electrons. The van der Waals surface area contributed by atoms with Gasteiger partial charge in [0.25, 0.3) is 0 Å². The summed E-state index contributed by atoms with van der Waals surface area (Å²) in [5.41, 5.74) is 3.22. The second-order valence-corrected chi connectivity index (χ2v) is 4.96. The van der Waals surface area contributed by atoms with Gasteiger partial charge < -0.3 is 5.32 Å². The van der Waals surface area contributed by atoms with E-state index in [4.69, 9.17) is 0 Å². The summed E-state index contributed by atoms with van der Waals surface area (Å²) in [7, 11) is 3.75. The van der Waals surface area contributed by atoms with E-state index in [1.165, 1.54) is 0 Å². The average Bonchev–Trinajstić information content (AvgIpc) is 2.59. The standard InChI is InChI=1S/3C7H7.C2H7N.Lu/c3*1-7-5-3-2-4-6-7;1-3-2;/h3*2-6H,1H2;3H,1-2H3;/q3*-1;;+3. The van der Waals surface area contributed by atoms with Crippen LogP contribution in [0.2, 0.25) is 0 Å². The predicted molar refractivity (Wildman–Crippen MR) is 108 cm³/mol. The van der Waals surface area contributed by atoms with Gasteiger partial charge in [-0.25, -0.2) is 0 Å². The number of rotatable bonds is 0. The van der Waals surface area contributed by atoms with Crippen molar-refractivity contribution >= 4 is 0 Å². The van der Waals surface area contributed by atoms with Crippen molar-refractivity contribution in [2.24, 2.45) is 0 Å². The molecule has 0 heterocycles. The van der Waals surface area contributed by atoms with E-state index >= 15 is 0 Å². The van der Waals surface area contributed by atoms with Crippen molar-refractivity contribution in [3.05, 3.63) is 128 Å². The fraction of sp³-hybridized carbons (Fsp3) is 0.0870. The first-order valence-electron chi connectivity index (χ1n) is 7.79. The fourth-order valence-corrected chi connectivity index (χ4v) is 1.43. The Balaban J connectivity index is 0. The van der Waals surface area contributed by atoms with E-state index in [9.17, 15) is 0 Å². The summed E-state index contributed by atoms with van der Waals surface area (Å²) in [6.07, 6.45) is 0. The molecule has 0 unspecified atom stereocenters. The topological polar surface area (TPSA) is 12.0 Å². The summed E-state index contributed by atoms with van der Waals surface area (Å²) in [6, 6.07) is 29.6. The fourth-order valence-electron chi connectivity index (χ4n) is 1.43. The molecule has 0 aliphatic rings. The van der Waals surface area contributed by atoms with Gasteiger partial charge in [-0.2, -0.15) is 73.9 Å². The Bertz CT molecular complexity index is 506. The Morgan fingerprint density at radius 3 is 0.720 bits per heavy atom. The molecule has 0 bridgehead atoms. The molecule has 0 fully saturated rings. The molecule has 1 N–H and O–H groups in total. The second-order valence-electron chi connectivity index (χ2n) is 4.96. The monoisotopic (exact) mass is 493 g/mol. The van der Waals surface area contributed by atoms with Crippen LogP contribution in [0.3, 0.4) is 0 Å². The zero-order valence-corrected chi connectivity index (χ0v) is 16.7. The average molecular weight is 493 g/mol. The van der Waals surface area contributed by atoms with Crippen molar-refractivity contribution in [1.29, 1.82) is 0 Å². The molecule has 0 amide bonds. The molecule has 0 saturated heterocycles. The zero-order chi connectivity index (χ0) is 18.0. The van der Waals surface area contributed by atoms with Crippen molar-refractivity contribution in [2.75, 3.05) is 14.1 Å². The van der Waals surface area contributed by atoms with Gasteiger partial charge in [0, 0.05) is 0 Å². The third kappa shape index (κ3) is 18.6. The molecule has 0 aliphatic heterocycles. The predicted octanol–water partition coefficient (Wildman–Crippen LogP) is 5.44. The maximum atomic E-state index is 3.72. The summed E-state index contributed by atoms with van der Waals surface area (Å²) in [5, 5.41) is 2.75. The Kier molecular flexibility index (Phi) is 19.3. The maximum Gasteiger partial charge on any atom is 3.00 e. The Labute approximate surface area is 183 Å². The third-order valence-electron chi connectivity index (χ3n) is 2.53. The van der Waals surface area contributed by atoms with Gasteiger partial charge in [0.15, 0.2) is 0 Å². The van der Waals surface area contributed by atoms with Crippen LogP contribution in [0, 0.1) is 57.6 Å². The molecule has 0 atom stereocenters. The van der Waals surface area contributed by atoms with Crippen LogP contribution in [-0.2, 0) is 0 Å². The summed E-state index contributed by atoms with van der Waals surface area (Å²) in [6.45, 7) is 11.2. The van der Waals surface area contributed by atoms with Gasteiger partial charge in [0.2, 0.25) is 0 Å². The van der Waals surface area contributed by atoms with Gasteiger partial charge in [0.1, 0.15) is 0 Å². The SMILES string of the molecule is CNC.[CH2-]c1ccccc1.[CH2-]c1ccccc1.[CH2-]c1ccccc1.[Lu+3].